The van der Waals surface area contributed by atoms with Crippen molar-refractivity contribution in [3.63, 3.8) is 0 Å². The van der Waals surface area contributed by atoms with Gasteiger partial charge in [0.2, 0.25) is 0 Å². The Morgan fingerprint density at radius 3 is 2.52 bits per heavy atom. The van der Waals surface area contributed by atoms with Crippen LogP contribution in [0.15, 0.2) is 0 Å². The van der Waals surface area contributed by atoms with Gasteiger partial charge in [-0.15, -0.1) is 11.6 Å². The van der Waals surface area contributed by atoms with Gasteiger partial charge in [0.15, 0.2) is 20.8 Å². The molecule has 1 aromatic rings. The molecule has 0 spiro atoms. The van der Waals surface area contributed by atoms with Gasteiger partial charge in [0.05, 0.1) is 33.5 Å². The van der Waals surface area contributed by atoms with Gasteiger partial charge in [-0.2, -0.15) is 0 Å². The summed E-state index contributed by atoms with van der Waals surface area (Å²) in [5.41, 5.74) is 0.543. The largest absolute Gasteiger partial charge is 0.333 e. The number of carbonyl (C=O) groups is 2. The van der Waals surface area contributed by atoms with Gasteiger partial charge in [0.1, 0.15) is 0 Å². The highest BCUT2D eigenvalue weighted by Gasteiger charge is 2.37. The van der Waals surface area contributed by atoms with Crippen molar-refractivity contribution in [3.8, 4) is 0 Å². The van der Waals surface area contributed by atoms with Gasteiger partial charge in [-0.1, -0.05) is 11.3 Å². The Kier molecular flexibility index (Phi) is 4.54. The molecule has 1 aromatic heterocycles. The third-order valence-corrected chi connectivity index (χ3v) is 6.49. The number of rotatable bonds is 3. The Bertz CT molecular complexity index is 686. The Labute approximate surface area is 131 Å². The third-order valence-electron chi connectivity index (χ3n) is 2.94. The van der Waals surface area contributed by atoms with Gasteiger partial charge in [0.25, 0.3) is 0 Å². The highest BCUT2D eigenvalue weighted by Crippen LogP contribution is 2.23. The standard InChI is InChI=1S/C11H14ClN3O4S2/c1-5-9(6(2)16)20-11(13-5)15-10(17)14-8-4-21(18,19)3-7(8)12/h7-8H,3-4H2,1-2H3,(H2,13,14,15,17)/t7-,8-/m0/s1. The van der Waals surface area contributed by atoms with Crippen molar-refractivity contribution >= 4 is 49.7 Å². The molecule has 2 rings (SSSR count). The molecule has 116 valence electrons. The predicted octanol–water partition coefficient (Wildman–Crippen LogP) is 1.18. The van der Waals surface area contributed by atoms with Crippen LogP contribution in [-0.4, -0.2) is 48.1 Å². The minimum atomic E-state index is -3.21. The van der Waals surface area contributed by atoms with Gasteiger partial charge < -0.3 is 5.32 Å². The summed E-state index contributed by atoms with van der Waals surface area (Å²) >= 11 is 6.97. The number of aryl methyl sites for hydroxylation is 1. The molecule has 10 heteroatoms. The molecule has 1 saturated heterocycles. The fourth-order valence-corrected chi connectivity index (χ4v) is 5.42. The van der Waals surface area contributed by atoms with Crippen LogP contribution in [0.25, 0.3) is 0 Å². The Balaban J connectivity index is 1.99. The van der Waals surface area contributed by atoms with Crippen molar-refractivity contribution in [2.45, 2.75) is 25.3 Å². The van der Waals surface area contributed by atoms with E-state index >= 15 is 0 Å². The number of thiazole rings is 1. The first kappa shape index (κ1) is 16.2. The van der Waals surface area contributed by atoms with Gasteiger partial charge in [-0.05, 0) is 6.92 Å². The van der Waals surface area contributed by atoms with Gasteiger partial charge >= 0.3 is 6.03 Å². The molecule has 7 nitrogen and oxygen atoms in total. The number of ketones is 1. The lowest BCUT2D eigenvalue weighted by Crippen LogP contribution is -2.42. The minimum absolute atomic E-state index is 0.124. The highest BCUT2D eigenvalue weighted by molar-refractivity contribution is 7.91. The van der Waals surface area contributed by atoms with E-state index in [1.54, 1.807) is 6.92 Å². The molecule has 0 bridgehead atoms. The van der Waals surface area contributed by atoms with Crippen LogP contribution in [0.2, 0.25) is 0 Å². The number of hydrogen-bond acceptors (Lipinski definition) is 6. The van der Waals surface area contributed by atoms with Crippen molar-refractivity contribution in [1.29, 1.82) is 0 Å². The predicted molar refractivity (Wildman–Crippen MR) is 81.1 cm³/mol. The summed E-state index contributed by atoms with van der Waals surface area (Å²) in [6.07, 6.45) is 0. The number of sulfone groups is 1. The number of carbonyl (C=O) groups excluding carboxylic acids is 2. The maximum atomic E-state index is 11.8. The van der Waals surface area contributed by atoms with Gasteiger partial charge in [0, 0.05) is 6.92 Å². The number of nitrogens with zero attached hydrogens (tertiary/aromatic N) is 1. The van der Waals surface area contributed by atoms with Crippen molar-refractivity contribution in [2.75, 3.05) is 16.8 Å². The van der Waals surface area contributed by atoms with E-state index in [2.05, 4.69) is 15.6 Å². The van der Waals surface area contributed by atoms with E-state index in [-0.39, 0.29) is 22.4 Å². The molecule has 0 aliphatic carbocycles. The second-order valence-corrected chi connectivity index (χ2v) is 8.50. The molecule has 21 heavy (non-hydrogen) atoms. The van der Waals surface area contributed by atoms with Crippen LogP contribution in [-0.2, 0) is 9.84 Å². The summed E-state index contributed by atoms with van der Waals surface area (Å²) in [6.45, 7) is 3.10. The second-order valence-electron chi connectivity index (χ2n) is 4.79. The Morgan fingerprint density at radius 2 is 2.05 bits per heavy atom. The third kappa shape index (κ3) is 3.92. The summed E-state index contributed by atoms with van der Waals surface area (Å²) in [7, 11) is -3.21. The number of nitrogens with one attached hydrogen (secondary N) is 2. The van der Waals surface area contributed by atoms with Crippen molar-refractivity contribution in [1.82, 2.24) is 10.3 Å². The number of Topliss-reactive ketones (excluding diaryl/α,β-unsaturated/α-hetero) is 1. The minimum Gasteiger partial charge on any atom is -0.333 e. The molecule has 2 heterocycles. The van der Waals surface area contributed by atoms with Gasteiger partial charge in [-0.3, -0.25) is 10.1 Å². The zero-order valence-electron chi connectivity index (χ0n) is 11.3. The second kappa shape index (κ2) is 5.90. The van der Waals surface area contributed by atoms with Crippen LogP contribution < -0.4 is 10.6 Å². The Morgan fingerprint density at radius 1 is 1.38 bits per heavy atom. The molecule has 1 fully saturated rings. The molecular weight excluding hydrogens is 338 g/mol. The molecular formula is C11H14ClN3O4S2. The van der Waals surface area contributed by atoms with Crippen LogP contribution >= 0.6 is 22.9 Å². The maximum absolute atomic E-state index is 11.8. The number of amides is 2. The number of urea groups is 1. The fraction of sp³-hybridized carbons (Fsp3) is 0.545. The number of hydrogen-bond donors (Lipinski definition) is 2. The number of anilines is 1. The summed E-state index contributed by atoms with van der Waals surface area (Å²) in [5.74, 6) is -0.449. The summed E-state index contributed by atoms with van der Waals surface area (Å²) in [6, 6.07) is -1.23. The molecule has 0 unspecified atom stereocenters. The lowest BCUT2D eigenvalue weighted by Gasteiger charge is -2.13. The van der Waals surface area contributed by atoms with E-state index in [0.717, 1.165) is 11.3 Å². The lowest BCUT2D eigenvalue weighted by molar-refractivity contribution is 0.102. The number of alkyl halides is 1. The molecule has 2 atom stereocenters. The average Bonchev–Trinajstić information content (AvgIpc) is 2.79. The Hall–Kier alpha value is -1.19. The normalized spacial score (nSPS) is 23.8. The van der Waals surface area contributed by atoms with Crippen molar-refractivity contribution in [2.24, 2.45) is 0 Å². The van der Waals surface area contributed by atoms with Crippen LogP contribution in [0.5, 0.6) is 0 Å². The van der Waals surface area contributed by atoms with E-state index in [1.807, 2.05) is 0 Å². The molecule has 0 radical (unpaired) electrons. The SMILES string of the molecule is CC(=O)c1sc(NC(=O)N[C@H]2CS(=O)(=O)C[C@@H]2Cl)nc1C. The highest BCUT2D eigenvalue weighted by atomic mass is 35.5. The molecule has 0 saturated carbocycles. The first-order valence-corrected chi connectivity index (χ1v) is 9.16. The van der Waals surface area contributed by atoms with E-state index in [1.165, 1.54) is 6.92 Å². The molecule has 1 aliphatic rings. The average molecular weight is 352 g/mol. The van der Waals surface area contributed by atoms with Crippen LogP contribution in [0.1, 0.15) is 22.3 Å². The van der Waals surface area contributed by atoms with Crippen LogP contribution in [0.3, 0.4) is 0 Å². The number of aromatic nitrogens is 1. The van der Waals surface area contributed by atoms with Crippen molar-refractivity contribution in [3.05, 3.63) is 10.6 Å². The summed E-state index contributed by atoms with van der Waals surface area (Å²) in [4.78, 5) is 27.7. The van der Waals surface area contributed by atoms with E-state index < -0.39 is 27.3 Å². The fourth-order valence-electron chi connectivity index (χ4n) is 2.01. The van der Waals surface area contributed by atoms with E-state index in [0.29, 0.717) is 10.6 Å². The first-order valence-electron chi connectivity index (χ1n) is 6.08. The summed E-state index contributed by atoms with van der Waals surface area (Å²) in [5, 5.41) is 4.63. The quantitative estimate of drug-likeness (QED) is 0.628. The molecule has 2 amide bonds. The zero-order chi connectivity index (χ0) is 15.8. The molecule has 1 aliphatic heterocycles. The first-order chi connectivity index (χ1) is 9.68. The van der Waals surface area contributed by atoms with Gasteiger partial charge in [-0.25, -0.2) is 18.2 Å². The van der Waals surface area contributed by atoms with Crippen molar-refractivity contribution < 1.29 is 18.0 Å². The maximum Gasteiger partial charge on any atom is 0.321 e. The van der Waals surface area contributed by atoms with Crippen LogP contribution in [0, 0.1) is 6.92 Å². The monoisotopic (exact) mass is 351 g/mol. The summed E-state index contributed by atoms with van der Waals surface area (Å²) < 4.78 is 22.8. The van der Waals surface area contributed by atoms with Crippen LogP contribution in [0.4, 0.5) is 9.93 Å². The molecule has 0 aromatic carbocycles. The zero-order valence-corrected chi connectivity index (χ0v) is 13.7. The van der Waals surface area contributed by atoms with E-state index in [9.17, 15) is 18.0 Å². The molecule has 2 N–H and O–H groups in total. The van der Waals surface area contributed by atoms with E-state index in [4.69, 9.17) is 11.6 Å². The topological polar surface area (TPSA) is 105 Å². The lowest BCUT2D eigenvalue weighted by atomic mass is 10.2. The number of halogens is 1. The smallest absolute Gasteiger partial charge is 0.321 e.